The van der Waals surface area contributed by atoms with Gasteiger partial charge in [-0.05, 0) is 86.5 Å². The van der Waals surface area contributed by atoms with E-state index in [1.165, 1.54) is 31.3 Å². The SMILES string of the molecule is CC(=O)[C@H]1CCC2[C@H]3CCC4=CC(=O)CC[C@]4(C)[C@@H]3CC[C@@]21C.[PbH2]. The number of ketones is 2. The van der Waals surface area contributed by atoms with Gasteiger partial charge in [0.25, 0.3) is 0 Å². The number of hydrogen-bond donors (Lipinski definition) is 0. The van der Waals surface area contributed by atoms with Crippen LogP contribution in [-0.4, -0.2) is 38.9 Å². The van der Waals surface area contributed by atoms with Crippen molar-refractivity contribution in [2.24, 2.45) is 34.5 Å². The Balaban J connectivity index is 0.00000169. The Kier molecular flexibility index (Phi) is 4.94. The molecule has 2 nitrogen and oxygen atoms in total. The molecule has 0 aromatic carbocycles. The van der Waals surface area contributed by atoms with Crippen LogP contribution >= 0.6 is 0 Å². The molecule has 2 radical (unpaired) electrons. The van der Waals surface area contributed by atoms with Crippen LogP contribution in [0.15, 0.2) is 11.6 Å². The van der Waals surface area contributed by atoms with E-state index < -0.39 is 0 Å². The Morgan fingerprint density at radius 3 is 2.50 bits per heavy atom. The third kappa shape index (κ3) is 2.52. The summed E-state index contributed by atoms with van der Waals surface area (Å²) in [4.78, 5) is 24.0. The molecule has 0 N–H and O–H groups in total. The third-order valence-corrected chi connectivity index (χ3v) is 8.45. The Labute approximate surface area is 166 Å². The van der Waals surface area contributed by atoms with Gasteiger partial charge < -0.3 is 0 Å². The van der Waals surface area contributed by atoms with Gasteiger partial charge in [0.15, 0.2) is 5.78 Å². The second kappa shape index (κ2) is 6.31. The van der Waals surface area contributed by atoms with Gasteiger partial charge in [-0.3, -0.25) is 9.59 Å². The zero-order valence-corrected chi connectivity index (χ0v) is 21.1. The second-order valence-electron chi connectivity index (χ2n) is 9.25. The van der Waals surface area contributed by atoms with Gasteiger partial charge >= 0.3 is 27.3 Å². The zero-order valence-electron chi connectivity index (χ0n) is 15.6. The first-order valence-corrected chi connectivity index (χ1v) is 9.60. The number of carbonyl (C=O) groups is 2. The van der Waals surface area contributed by atoms with Crippen LogP contribution in [0, 0.1) is 34.5 Å². The fourth-order valence-corrected chi connectivity index (χ4v) is 7.23. The summed E-state index contributed by atoms with van der Waals surface area (Å²) in [5.74, 6) is 3.29. The van der Waals surface area contributed by atoms with E-state index in [1.54, 1.807) is 6.92 Å². The van der Waals surface area contributed by atoms with Crippen molar-refractivity contribution in [3.8, 4) is 0 Å². The standard InChI is InChI=1S/C21H30O2.Pb.2H/c1-13(22)17-6-7-18-16-5-4-14-12-15(23)8-10-20(14,2)19(16)9-11-21(17,18)3;;;/h12,16-19H,4-11H2,1-3H3;;;/t16-,17-,18?,19-,20+,21-;;;/m1.../s1. The molecule has 0 heterocycles. The van der Waals surface area contributed by atoms with E-state index in [0.717, 1.165) is 43.4 Å². The monoisotopic (exact) mass is 524 g/mol. The quantitative estimate of drug-likeness (QED) is 0.490. The topological polar surface area (TPSA) is 34.1 Å². The van der Waals surface area contributed by atoms with Gasteiger partial charge in [0.05, 0.1) is 0 Å². The van der Waals surface area contributed by atoms with Crippen molar-refractivity contribution in [2.45, 2.75) is 72.1 Å². The van der Waals surface area contributed by atoms with Crippen LogP contribution in [0.5, 0.6) is 0 Å². The number of allylic oxidation sites excluding steroid dienone is 1. The number of rotatable bonds is 1. The summed E-state index contributed by atoms with van der Waals surface area (Å²) in [5, 5.41) is 0. The van der Waals surface area contributed by atoms with E-state index in [0.29, 0.717) is 17.5 Å². The number of carbonyl (C=O) groups excluding carboxylic acids is 2. The van der Waals surface area contributed by atoms with Gasteiger partial charge in [-0.1, -0.05) is 19.4 Å². The molecule has 4 rings (SSSR count). The van der Waals surface area contributed by atoms with Crippen LogP contribution in [0.1, 0.15) is 72.1 Å². The van der Waals surface area contributed by atoms with E-state index in [1.807, 2.05) is 6.08 Å². The fourth-order valence-electron chi connectivity index (χ4n) is 7.23. The number of Topliss-reactive ketones (excluding diaryl/α,β-unsaturated/α-hetero) is 1. The normalized spacial score (nSPS) is 47.0. The predicted octanol–water partition coefficient (Wildman–Crippen LogP) is 3.81. The van der Waals surface area contributed by atoms with Crippen LogP contribution in [0.4, 0.5) is 0 Å². The molecule has 6 atom stereocenters. The summed E-state index contributed by atoms with van der Waals surface area (Å²) >= 11 is 0. The predicted molar refractivity (Wildman–Crippen MR) is 99.4 cm³/mol. The molecule has 3 fully saturated rings. The van der Waals surface area contributed by atoms with Gasteiger partial charge in [0.1, 0.15) is 5.78 Å². The first-order chi connectivity index (χ1) is 10.9. The summed E-state index contributed by atoms with van der Waals surface area (Å²) in [5.41, 5.74) is 1.95. The van der Waals surface area contributed by atoms with E-state index in [4.69, 9.17) is 0 Å². The van der Waals surface area contributed by atoms with Crippen LogP contribution in [0.2, 0.25) is 0 Å². The van der Waals surface area contributed by atoms with Gasteiger partial charge in [-0.15, -0.1) is 0 Å². The molecule has 1 unspecified atom stereocenters. The Bertz CT molecular complexity index is 595. The van der Waals surface area contributed by atoms with Crippen LogP contribution < -0.4 is 0 Å². The molecule has 3 saturated carbocycles. The van der Waals surface area contributed by atoms with E-state index >= 15 is 0 Å². The Morgan fingerprint density at radius 2 is 1.79 bits per heavy atom. The number of hydrogen-bond acceptors (Lipinski definition) is 2. The average molecular weight is 524 g/mol. The van der Waals surface area contributed by atoms with E-state index in [-0.39, 0.29) is 38.1 Å². The van der Waals surface area contributed by atoms with Gasteiger partial charge in [-0.2, -0.15) is 0 Å². The third-order valence-electron chi connectivity index (χ3n) is 8.45. The molecule has 24 heavy (non-hydrogen) atoms. The van der Waals surface area contributed by atoms with E-state index in [2.05, 4.69) is 13.8 Å². The van der Waals surface area contributed by atoms with Crippen molar-refractivity contribution < 1.29 is 9.59 Å². The molecule has 0 amide bonds. The summed E-state index contributed by atoms with van der Waals surface area (Å²) in [7, 11) is 0. The minimum atomic E-state index is 0. The van der Waals surface area contributed by atoms with E-state index in [9.17, 15) is 9.59 Å². The fraction of sp³-hybridized carbons (Fsp3) is 0.810. The zero-order chi connectivity index (χ0) is 16.4. The van der Waals surface area contributed by atoms with Crippen molar-refractivity contribution in [1.29, 1.82) is 0 Å². The molecule has 0 aliphatic heterocycles. The van der Waals surface area contributed by atoms with Crippen molar-refractivity contribution in [1.82, 2.24) is 0 Å². The molecule has 0 spiro atoms. The molecule has 132 valence electrons. The summed E-state index contributed by atoms with van der Waals surface area (Å²) in [6.45, 7) is 6.65. The number of fused-ring (bicyclic) bond motifs is 5. The molecule has 4 aliphatic carbocycles. The minimum absolute atomic E-state index is 0. The molecule has 0 aromatic rings. The molecular weight excluding hydrogens is 491 g/mol. The summed E-state index contributed by atoms with van der Waals surface area (Å²) in [6.07, 6.45) is 10.9. The first kappa shape index (κ1) is 18.8. The molecule has 3 heteroatoms. The second-order valence-corrected chi connectivity index (χ2v) is 9.25. The van der Waals surface area contributed by atoms with Gasteiger partial charge in [0.2, 0.25) is 0 Å². The van der Waals surface area contributed by atoms with Gasteiger partial charge in [0, 0.05) is 12.3 Å². The maximum absolute atomic E-state index is 12.1. The Hall–Kier alpha value is 0.00208. The molecule has 0 aromatic heterocycles. The van der Waals surface area contributed by atoms with Crippen LogP contribution in [0.25, 0.3) is 0 Å². The van der Waals surface area contributed by atoms with Gasteiger partial charge in [-0.25, -0.2) is 0 Å². The van der Waals surface area contributed by atoms with Crippen molar-refractivity contribution in [3.05, 3.63) is 11.6 Å². The average Bonchev–Trinajstić information content (AvgIpc) is 2.85. The molecule has 0 bridgehead atoms. The molecular formula is C21H32O2Pb. The summed E-state index contributed by atoms with van der Waals surface area (Å²) < 4.78 is 0. The summed E-state index contributed by atoms with van der Waals surface area (Å²) in [6, 6.07) is 0. The Morgan fingerprint density at radius 1 is 1.04 bits per heavy atom. The van der Waals surface area contributed by atoms with Crippen molar-refractivity contribution in [2.75, 3.05) is 0 Å². The maximum atomic E-state index is 12.1. The molecule has 0 saturated heterocycles. The van der Waals surface area contributed by atoms with Crippen LogP contribution in [0.3, 0.4) is 0 Å². The van der Waals surface area contributed by atoms with Crippen LogP contribution in [-0.2, 0) is 9.59 Å². The van der Waals surface area contributed by atoms with Crippen molar-refractivity contribution >= 4 is 38.9 Å². The molecule has 4 aliphatic rings. The van der Waals surface area contributed by atoms with Crippen molar-refractivity contribution in [3.63, 3.8) is 0 Å². The first-order valence-electron chi connectivity index (χ1n) is 9.60.